The lowest BCUT2D eigenvalue weighted by atomic mass is 10.1. The van der Waals surface area contributed by atoms with E-state index in [1.165, 1.54) is 12.1 Å². The molecule has 0 radical (unpaired) electrons. The van der Waals surface area contributed by atoms with Gasteiger partial charge in [-0.15, -0.1) is 0 Å². The van der Waals surface area contributed by atoms with Crippen molar-refractivity contribution in [3.05, 3.63) is 84.1 Å². The molecular weight excluding hydrogens is 379 g/mol. The minimum Gasteiger partial charge on any atom is -0.387 e. The second-order valence-corrected chi connectivity index (χ2v) is 6.73. The highest BCUT2D eigenvalue weighted by Gasteiger charge is 2.09. The van der Waals surface area contributed by atoms with Crippen LogP contribution in [-0.4, -0.2) is 27.5 Å². The zero-order chi connectivity index (χ0) is 21.5. The van der Waals surface area contributed by atoms with Crippen LogP contribution < -0.4 is 10.6 Å². The van der Waals surface area contributed by atoms with Crippen LogP contribution in [0.1, 0.15) is 12.5 Å². The highest BCUT2D eigenvalue weighted by atomic mass is 19.1. The zero-order valence-electron chi connectivity index (χ0n) is 17.0. The number of benzene rings is 1. The molecule has 0 unspecified atom stereocenters. The normalized spacial score (nSPS) is 11.9. The molecule has 0 saturated carbocycles. The molecule has 0 atom stereocenters. The van der Waals surface area contributed by atoms with Gasteiger partial charge in [0.05, 0.1) is 17.3 Å². The summed E-state index contributed by atoms with van der Waals surface area (Å²) in [6.45, 7) is 8.53. The second-order valence-electron chi connectivity index (χ2n) is 6.73. The molecule has 7 heteroatoms. The number of nitrogens with zero attached hydrogens (tertiary/aromatic N) is 4. The summed E-state index contributed by atoms with van der Waals surface area (Å²) in [7, 11) is 0. The molecule has 0 bridgehead atoms. The molecule has 6 nitrogen and oxygen atoms in total. The van der Waals surface area contributed by atoms with E-state index in [-0.39, 0.29) is 5.82 Å². The average molecular weight is 402 g/mol. The summed E-state index contributed by atoms with van der Waals surface area (Å²) >= 11 is 0. The predicted molar refractivity (Wildman–Crippen MR) is 117 cm³/mol. The predicted octanol–water partition coefficient (Wildman–Crippen LogP) is 4.39. The fourth-order valence-electron chi connectivity index (χ4n) is 2.86. The Morgan fingerprint density at radius 2 is 2.13 bits per heavy atom. The van der Waals surface area contributed by atoms with Gasteiger partial charge in [-0.2, -0.15) is 5.26 Å². The van der Waals surface area contributed by atoms with Crippen molar-refractivity contribution in [2.45, 2.75) is 13.8 Å². The van der Waals surface area contributed by atoms with E-state index in [0.29, 0.717) is 30.2 Å². The van der Waals surface area contributed by atoms with Gasteiger partial charge < -0.3 is 10.6 Å². The van der Waals surface area contributed by atoms with Gasteiger partial charge in [0.1, 0.15) is 11.5 Å². The molecule has 2 heterocycles. The SMILES string of the molecule is C=C/C(C#N)=C\C=C(/C)NCCNc1nc(-c2ccc(F)c(C)c2)cc2nccn12. The Bertz CT molecular complexity index is 1170. The van der Waals surface area contributed by atoms with Crippen LogP contribution in [0.2, 0.25) is 0 Å². The third kappa shape index (κ3) is 4.92. The summed E-state index contributed by atoms with van der Waals surface area (Å²) in [5.41, 5.74) is 4.33. The number of nitriles is 1. The molecule has 3 rings (SSSR count). The van der Waals surface area contributed by atoms with E-state index in [9.17, 15) is 4.39 Å². The summed E-state index contributed by atoms with van der Waals surface area (Å²) in [5.74, 6) is 0.419. The molecule has 1 aromatic carbocycles. The first-order valence-corrected chi connectivity index (χ1v) is 9.51. The van der Waals surface area contributed by atoms with E-state index in [1.54, 1.807) is 31.3 Å². The summed E-state index contributed by atoms with van der Waals surface area (Å²) < 4.78 is 15.5. The van der Waals surface area contributed by atoms with Crippen LogP contribution in [0.25, 0.3) is 16.9 Å². The first kappa shape index (κ1) is 20.8. The van der Waals surface area contributed by atoms with Crippen molar-refractivity contribution >= 4 is 11.6 Å². The van der Waals surface area contributed by atoms with Crippen molar-refractivity contribution in [2.75, 3.05) is 18.4 Å². The van der Waals surface area contributed by atoms with Gasteiger partial charge in [-0.25, -0.2) is 14.4 Å². The molecule has 0 aliphatic rings. The highest BCUT2D eigenvalue weighted by molar-refractivity contribution is 5.66. The quantitative estimate of drug-likeness (QED) is 0.332. The molecule has 152 valence electrons. The molecule has 0 saturated heterocycles. The molecule has 0 amide bonds. The van der Waals surface area contributed by atoms with Gasteiger partial charge in [-0.3, -0.25) is 4.40 Å². The Morgan fingerprint density at radius 3 is 2.87 bits per heavy atom. The summed E-state index contributed by atoms with van der Waals surface area (Å²) in [4.78, 5) is 9.07. The number of hydrogen-bond donors (Lipinski definition) is 2. The maximum atomic E-state index is 13.6. The first-order chi connectivity index (χ1) is 14.5. The number of aromatic nitrogens is 3. The molecule has 30 heavy (non-hydrogen) atoms. The molecule has 0 spiro atoms. The minimum atomic E-state index is -0.238. The Labute approximate surface area is 175 Å². The summed E-state index contributed by atoms with van der Waals surface area (Å²) in [6.07, 6.45) is 8.62. The molecular formula is C23H23FN6. The molecule has 2 aromatic heterocycles. The van der Waals surface area contributed by atoms with E-state index >= 15 is 0 Å². The van der Waals surface area contributed by atoms with Crippen LogP contribution in [0.4, 0.5) is 10.3 Å². The molecule has 2 N–H and O–H groups in total. The van der Waals surface area contributed by atoms with Crippen molar-refractivity contribution in [3.63, 3.8) is 0 Å². The zero-order valence-corrected chi connectivity index (χ0v) is 17.0. The van der Waals surface area contributed by atoms with Crippen molar-refractivity contribution in [3.8, 4) is 17.3 Å². The smallest absolute Gasteiger partial charge is 0.209 e. The molecule has 0 aliphatic heterocycles. The number of aryl methyl sites for hydroxylation is 1. The molecule has 3 aromatic rings. The molecule has 0 fully saturated rings. The maximum absolute atomic E-state index is 13.6. The van der Waals surface area contributed by atoms with Crippen LogP contribution >= 0.6 is 0 Å². The van der Waals surface area contributed by atoms with Crippen LogP contribution in [0.5, 0.6) is 0 Å². The number of anilines is 1. The van der Waals surface area contributed by atoms with Gasteiger partial charge in [0.25, 0.3) is 0 Å². The van der Waals surface area contributed by atoms with E-state index in [2.05, 4.69) is 28.3 Å². The monoisotopic (exact) mass is 402 g/mol. The highest BCUT2D eigenvalue weighted by Crippen LogP contribution is 2.23. The first-order valence-electron chi connectivity index (χ1n) is 9.51. The largest absolute Gasteiger partial charge is 0.387 e. The Balaban J connectivity index is 1.72. The van der Waals surface area contributed by atoms with Gasteiger partial charge in [0, 0.05) is 42.8 Å². The van der Waals surface area contributed by atoms with E-state index in [4.69, 9.17) is 10.2 Å². The van der Waals surface area contributed by atoms with Crippen LogP contribution in [0.15, 0.2) is 72.7 Å². The Morgan fingerprint density at radius 1 is 1.30 bits per heavy atom. The third-order valence-electron chi connectivity index (χ3n) is 4.52. The maximum Gasteiger partial charge on any atom is 0.209 e. The average Bonchev–Trinajstić information content (AvgIpc) is 3.22. The number of halogens is 1. The minimum absolute atomic E-state index is 0.238. The third-order valence-corrected chi connectivity index (χ3v) is 4.52. The van der Waals surface area contributed by atoms with Gasteiger partial charge in [0.2, 0.25) is 5.95 Å². The lowest BCUT2D eigenvalue weighted by Gasteiger charge is -2.12. The second kappa shape index (κ2) is 9.52. The standard InChI is InChI=1S/C23H23FN6/c1-4-18(15-25)6-5-17(3)26-9-10-28-23-29-21(14-22-27-11-12-30(22)23)19-7-8-20(24)16(2)13-19/h4-8,11-14,26H,1,9-10H2,2-3H3,(H,28,29)/b17-5+,18-6+. The fourth-order valence-corrected chi connectivity index (χ4v) is 2.86. The summed E-state index contributed by atoms with van der Waals surface area (Å²) in [5, 5.41) is 15.5. The lowest BCUT2D eigenvalue weighted by molar-refractivity contribution is 0.619. The fraction of sp³-hybridized carbons (Fsp3) is 0.174. The Kier molecular flexibility index (Phi) is 6.60. The number of nitrogens with one attached hydrogen (secondary N) is 2. The van der Waals surface area contributed by atoms with Crippen LogP contribution in [0.3, 0.4) is 0 Å². The number of hydrogen-bond acceptors (Lipinski definition) is 5. The van der Waals surface area contributed by atoms with Crippen LogP contribution in [-0.2, 0) is 0 Å². The van der Waals surface area contributed by atoms with E-state index < -0.39 is 0 Å². The van der Waals surface area contributed by atoms with Crippen LogP contribution in [0, 0.1) is 24.1 Å². The van der Waals surface area contributed by atoms with Crippen molar-refractivity contribution < 1.29 is 4.39 Å². The number of rotatable bonds is 8. The van der Waals surface area contributed by atoms with Gasteiger partial charge >= 0.3 is 0 Å². The lowest BCUT2D eigenvalue weighted by Crippen LogP contribution is -2.21. The van der Waals surface area contributed by atoms with Crippen molar-refractivity contribution in [2.24, 2.45) is 0 Å². The van der Waals surface area contributed by atoms with E-state index in [0.717, 1.165) is 22.6 Å². The van der Waals surface area contributed by atoms with Crippen molar-refractivity contribution in [1.29, 1.82) is 5.26 Å². The van der Waals surface area contributed by atoms with Gasteiger partial charge in [-0.1, -0.05) is 12.7 Å². The topological polar surface area (TPSA) is 78.0 Å². The number of imidazole rings is 1. The number of fused-ring (bicyclic) bond motifs is 1. The van der Waals surface area contributed by atoms with E-state index in [1.807, 2.05) is 29.7 Å². The molecule has 0 aliphatic carbocycles. The van der Waals surface area contributed by atoms with Gasteiger partial charge in [0.15, 0.2) is 0 Å². The summed E-state index contributed by atoms with van der Waals surface area (Å²) in [6, 6.07) is 8.88. The Hall–Kier alpha value is -3.92. The van der Waals surface area contributed by atoms with Crippen molar-refractivity contribution in [1.82, 2.24) is 19.7 Å². The van der Waals surface area contributed by atoms with Gasteiger partial charge in [-0.05, 0) is 49.8 Å². The number of allylic oxidation sites excluding steroid dienone is 5.